The van der Waals surface area contributed by atoms with Crippen LogP contribution in [-0.2, 0) is 37.9 Å². The van der Waals surface area contributed by atoms with E-state index in [1.54, 1.807) is 11.4 Å². The van der Waals surface area contributed by atoms with Gasteiger partial charge in [0.15, 0.2) is 0 Å². The Morgan fingerprint density at radius 1 is 1.11 bits per heavy atom. The minimum Gasteiger partial charge on any atom is -0.475 e. The molecule has 0 saturated carbocycles. The smallest absolute Gasteiger partial charge is 0.475 e. The lowest BCUT2D eigenvalue weighted by atomic mass is 9.71. The van der Waals surface area contributed by atoms with Crippen LogP contribution in [0.5, 0.6) is 0 Å². The molecule has 0 radical (unpaired) electrons. The highest BCUT2D eigenvalue weighted by Crippen LogP contribution is 2.45. The van der Waals surface area contributed by atoms with Crippen molar-refractivity contribution in [3.05, 3.63) is 18.0 Å². The molecule has 38 heavy (non-hydrogen) atoms. The van der Waals surface area contributed by atoms with Gasteiger partial charge in [0, 0.05) is 51.5 Å². The molecule has 2 saturated heterocycles. The Labute approximate surface area is 215 Å². The summed E-state index contributed by atoms with van der Waals surface area (Å²) < 4.78 is 96.3. The molecule has 3 rings (SSSR count). The number of carboxylic acid groups (broad SMARTS) is 2. The number of alkyl halides is 6. The minimum absolute atomic E-state index is 0.0600. The van der Waals surface area contributed by atoms with Gasteiger partial charge >= 0.3 is 24.3 Å². The van der Waals surface area contributed by atoms with Gasteiger partial charge in [0.25, 0.3) is 0 Å². The van der Waals surface area contributed by atoms with Gasteiger partial charge in [0.05, 0.1) is 19.1 Å². The van der Waals surface area contributed by atoms with Crippen LogP contribution in [0.2, 0.25) is 0 Å². The standard InChI is InChI=1S/C16H28N4O3S.2C2HF3O2/c1-18-9-14(8-17-18)10-19-6-4-16(5-7-19)13-20(24(3,21)22)11-15(16)12-23-2;2*3-2(4,5)1(6)7/h8-9,15H,4-7,10-13H2,1-3H3;2*(H,6,7). The van der Waals surface area contributed by atoms with Crippen molar-refractivity contribution in [2.24, 2.45) is 18.4 Å². The Kier molecular flexibility index (Phi) is 11.6. The van der Waals surface area contributed by atoms with Crippen LogP contribution in [0.25, 0.3) is 0 Å². The van der Waals surface area contributed by atoms with Gasteiger partial charge in [0.1, 0.15) is 0 Å². The highest BCUT2D eigenvalue weighted by atomic mass is 32.2. The number of halogens is 6. The van der Waals surface area contributed by atoms with Crippen LogP contribution < -0.4 is 0 Å². The van der Waals surface area contributed by atoms with E-state index in [1.807, 2.05) is 17.9 Å². The molecule has 2 N–H and O–H groups in total. The molecule has 0 amide bonds. The largest absolute Gasteiger partial charge is 0.490 e. The number of sulfonamides is 1. The molecule has 0 bridgehead atoms. The second-order valence-corrected chi connectivity index (χ2v) is 11.0. The van der Waals surface area contributed by atoms with Crippen molar-refractivity contribution in [2.75, 3.05) is 46.2 Å². The lowest BCUT2D eigenvalue weighted by Gasteiger charge is -2.42. The first kappa shape index (κ1) is 33.6. The van der Waals surface area contributed by atoms with E-state index in [4.69, 9.17) is 24.5 Å². The minimum atomic E-state index is -5.08. The van der Waals surface area contributed by atoms with Gasteiger partial charge in [-0.25, -0.2) is 22.3 Å². The molecule has 1 aromatic rings. The lowest BCUT2D eigenvalue weighted by Crippen LogP contribution is -2.45. The maximum Gasteiger partial charge on any atom is 0.490 e. The monoisotopic (exact) mass is 584 g/mol. The topological polar surface area (TPSA) is 142 Å². The SMILES string of the molecule is COCC1CN(S(C)(=O)=O)CC12CCN(Cc1cnn(C)c1)CC2.O=C(O)C(F)(F)F.O=C(O)C(F)(F)F. The van der Waals surface area contributed by atoms with E-state index in [2.05, 4.69) is 16.2 Å². The number of aliphatic carboxylic acids is 2. The summed E-state index contributed by atoms with van der Waals surface area (Å²) in [7, 11) is 0.500. The van der Waals surface area contributed by atoms with E-state index in [0.29, 0.717) is 19.7 Å². The molecule has 0 aromatic carbocycles. The van der Waals surface area contributed by atoms with Gasteiger partial charge in [0.2, 0.25) is 10.0 Å². The first-order chi connectivity index (χ1) is 17.2. The number of aryl methyl sites for hydroxylation is 1. The van der Waals surface area contributed by atoms with E-state index in [0.717, 1.165) is 32.5 Å². The molecule has 1 spiro atoms. The number of nitrogens with zero attached hydrogens (tertiary/aromatic N) is 4. The third-order valence-electron chi connectivity index (χ3n) is 6.12. The summed E-state index contributed by atoms with van der Waals surface area (Å²) in [6.45, 7) is 4.76. The van der Waals surface area contributed by atoms with Crippen LogP contribution in [0, 0.1) is 11.3 Å². The zero-order chi connectivity index (χ0) is 29.5. The molecule has 2 aliphatic rings. The van der Waals surface area contributed by atoms with Crippen molar-refractivity contribution >= 4 is 22.0 Å². The quantitative estimate of drug-likeness (QED) is 0.496. The van der Waals surface area contributed by atoms with Gasteiger partial charge in [-0.05, 0) is 31.3 Å². The van der Waals surface area contributed by atoms with E-state index in [1.165, 1.54) is 11.8 Å². The fourth-order valence-electron chi connectivity index (χ4n) is 4.20. The van der Waals surface area contributed by atoms with Crippen LogP contribution in [0.1, 0.15) is 18.4 Å². The summed E-state index contributed by atoms with van der Waals surface area (Å²) in [5.41, 5.74) is 1.29. The van der Waals surface area contributed by atoms with E-state index >= 15 is 0 Å². The number of likely N-dealkylation sites (tertiary alicyclic amines) is 1. The zero-order valence-electron chi connectivity index (χ0n) is 20.8. The van der Waals surface area contributed by atoms with E-state index < -0.39 is 34.3 Å². The highest BCUT2D eigenvalue weighted by Gasteiger charge is 2.50. The van der Waals surface area contributed by atoms with Gasteiger partial charge in [-0.15, -0.1) is 0 Å². The number of hydrogen-bond donors (Lipinski definition) is 2. The summed E-state index contributed by atoms with van der Waals surface area (Å²) in [6.07, 6.45) is -2.84. The average Bonchev–Trinajstić information content (AvgIpc) is 3.33. The Balaban J connectivity index is 0.000000426. The lowest BCUT2D eigenvalue weighted by molar-refractivity contribution is -0.193. The first-order valence-electron chi connectivity index (χ1n) is 11.0. The highest BCUT2D eigenvalue weighted by molar-refractivity contribution is 7.88. The Hall–Kier alpha value is -2.44. The van der Waals surface area contributed by atoms with Crippen LogP contribution in [0.4, 0.5) is 26.3 Å². The normalized spacial score (nSPS) is 20.3. The van der Waals surface area contributed by atoms with Gasteiger partial charge in [-0.2, -0.15) is 31.4 Å². The summed E-state index contributed by atoms with van der Waals surface area (Å²) in [5.74, 6) is -5.22. The molecule has 2 fully saturated rings. The predicted octanol–water partition coefficient (Wildman–Crippen LogP) is 1.81. The van der Waals surface area contributed by atoms with Gasteiger partial charge in [-0.3, -0.25) is 9.58 Å². The van der Waals surface area contributed by atoms with Crippen molar-refractivity contribution in [1.29, 1.82) is 0 Å². The molecular weight excluding hydrogens is 554 g/mol. The van der Waals surface area contributed by atoms with Crippen molar-refractivity contribution in [1.82, 2.24) is 19.0 Å². The molecular formula is C20H30F6N4O7S. The number of aromatic nitrogens is 2. The second-order valence-electron chi connectivity index (χ2n) is 8.97. The van der Waals surface area contributed by atoms with Crippen molar-refractivity contribution < 1.29 is 59.3 Å². The van der Waals surface area contributed by atoms with Crippen molar-refractivity contribution in [3.63, 3.8) is 0 Å². The van der Waals surface area contributed by atoms with Gasteiger partial charge in [-0.1, -0.05) is 0 Å². The van der Waals surface area contributed by atoms with Crippen LogP contribution in [0.15, 0.2) is 12.4 Å². The van der Waals surface area contributed by atoms with Crippen molar-refractivity contribution in [2.45, 2.75) is 31.7 Å². The summed E-state index contributed by atoms with van der Waals surface area (Å²) in [4.78, 5) is 20.2. The second kappa shape index (κ2) is 13.1. The molecule has 1 aromatic heterocycles. The number of piperidine rings is 1. The average molecular weight is 585 g/mol. The molecule has 2 aliphatic heterocycles. The van der Waals surface area contributed by atoms with Crippen LogP contribution in [-0.4, -0.2) is 108 Å². The molecule has 0 aliphatic carbocycles. The Morgan fingerprint density at radius 3 is 1.92 bits per heavy atom. The fourth-order valence-corrected chi connectivity index (χ4v) is 5.14. The molecule has 18 heteroatoms. The Morgan fingerprint density at radius 2 is 1.58 bits per heavy atom. The van der Waals surface area contributed by atoms with E-state index in [9.17, 15) is 34.8 Å². The summed E-state index contributed by atoms with van der Waals surface area (Å²) >= 11 is 0. The number of rotatable bonds is 5. The van der Waals surface area contributed by atoms with Crippen molar-refractivity contribution in [3.8, 4) is 0 Å². The molecule has 3 heterocycles. The summed E-state index contributed by atoms with van der Waals surface area (Å²) in [6, 6.07) is 0. The fraction of sp³-hybridized carbons (Fsp3) is 0.750. The first-order valence-corrected chi connectivity index (χ1v) is 12.8. The van der Waals surface area contributed by atoms with E-state index in [-0.39, 0.29) is 11.3 Å². The predicted molar refractivity (Wildman–Crippen MR) is 119 cm³/mol. The maximum atomic E-state index is 12.0. The summed E-state index contributed by atoms with van der Waals surface area (Å²) in [5, 5.41) is 18.5. The molecule has 1 unspecified atom stereocenters. The number of ether oxygens (including phenoxy) is 1. The number of methoxy groups -OCH3 is 1. The maximum absolute atomic E-state index is 12.0. The number of carboxylic acids is 2. The molecule has 220 valence electrons. The molecule has 11 nitrogen and oxygen atoms in total. The number of hydrogen-bond acceptors (Lipinski definition) is 7. The molecule has 1 atom stereocenters. The van der Waals surface area contributed by atoms with Crippen LogP contribution >= 0.6 is 0 Å². The Bertz CT molecular complexity index is 1010. The zero-order valence-corrected chi connectivity index (χ0v) is 21.6. The third kappa shape index (κ3) is 10.4. The van der Waals surface area contributed by atoms with Crippen LogP contribution in [0.3, 0.4) is 0 Å². The van der Waals surface area contributed by atoms with Gasteiger partial charge < -0.3 is 14.9 Å². The third-order valence-corrected chi connectivity index (χ3v) is 7.34. The number of carbonyl (C=O) groups is 2.